The van der Waals surface area contributed by atoms with Crippen LogP contribution in [0, 0.1) is 0 Å². The van der Waals surface area contributed by atoms with E-state index in [0.29, 0.717) is 0 Å². The van der Waals surface area contributed by atoms with Gasteiger partial charge in [0, 0.05) is 0 Å². The van der Waals surface area contributed by atoms with Crippen molar-refractivity contribution in [2.45, 2.75) is 0 Å². The Kier molecular flexibility index (Phi) is 12.2. The van der Waals surface area contributed by atoms with Crippen LogP contribution in [0.3, 0.4) is 0 Å². The first kappa shape index (κ1) is 39.6. The molecular weight excluding hydrogens is 769 g/mol. The van der Waals surface area contributed by atoms with Gasteiger partial charge in [-0.05, 0) is 72.8 Å². The zero-order valence-electron chi connectivity index (χ0n) is 31.2. The first-order chi connectivity index (χ1) is 29.3. The van der Waals surface area contributed by atoms with Gasteiger partial charge in [0.05, 0.1) is 33.4 Å². The molecule has 0 aliphatic heterocycles. The Balaban J connectivity index is 1.56. The second-order valence-corrected chi connectivity index (χ2v) is 12.5. The molecule has 60 heavy (non-hydrogen) atoms. The predicted molar refractivity (Wildman–Crippen MR) is 215 cm³/mol. The van der Waals surface area contributed by atoms with Gasteiger partial charge in [-0.25, -0.2) is 28.8 Å². The molecule has 12 nitrogen and oxygen atoms in total. The molecule has 0 spiro atoms. The third-order valence-electron chi connectivity index (χ3n) is 8.46. The molecule has 0 N–H and O–H groups in total. The number of hydrogen-bond acceptors (Lipinski definition) is 12. The van der Waals surface area contributed by atoms with Crippen LogP contribution in [0.1, 0.15) is 62.1 Å². The van der Waals surface area contributed by atoms with Gasteiger partial charge in [-0.15, -0.1) is 0 Å². The molecule has 7 aromatic carbocycles. The molecular formula is C48H30O12. The summed E-state index contributed by atoms with van der Waals surface area (Å²) in [5.74, 6) is -11.7. The van der Waals surface area contributed by atoms with E-state index in [1.807, 2.05) is 0 Å². The van der Waals surface area contributed by atoms with Crippen LogP contribution < -0.4 is 28.4 Å². The second-order valence-electron chi connectivity index (χ2n) is 12.5. The van der Waals surface area contributed by atoms with Gasteiger partial charge in [-0.1, -0.05) is 109 Å². The maximum Gasteiger partial charge on any atom is 0.343 e. The number of esters is 6. The predicted octanol–water partition coefficient (Wildman–Crippen LogP) is 9.00. The van der Waals surface area contributed by atoms with E-state index in [4.69, 9.17) is 28.4 Å². The highest BCUT2D eigenvalue weighted by atomic mass is 16.6. The van der Waals surface area contributed by atoms with E-state index in [1.54, 1.807) is 109 Å². The average Bonchev–Trinajstić information content (AvgIpc) is 3.31. The summed E-state index contributed by atoms with van der Waals surface area (Å²) in [5.41, 5.74) is -0.148. The fraction of sp³-hybridized carbons (Fsp3) is 0. The van der Waals surface area contributed by atoms with Crippen LogP contribution >= 0.6 is 0 Å². The van der Waals surface area contributed by atoms with Crippen molar-refractivity contribution in [2.24, 2.45) is 0 Å². The van der Waals surface area contributed by atoms with Gasteiger partial charge in [-0.3, -0.25) is 0 Å². The van der Waals surface area contributed by atoms with Gasteiger partial charge in [-0.2, -0.15) is 0 Å². The second kappa shape index (κ2) is 18.5. The Bertz CT molecular complexity index is 2160. The van der Waals surface area contributed by atoms with E-state index < -0.39 is 70.3 Å². The van der Waals surface area contributed by atoms with Crippen molar-refractivity contribution in [3.63, 3.8) is 0 Å². The zero-order valence-corrected chi connectivity index (χ0v) is 31.2. The minimum absolute atomic E-state index is 0.0246. The van der Waals surface area contributed by atoms with Gasteiger partial charge in [0.15, 0.2) is 0 Å². The minimum atomic E-state index is -1.08. The van der Waals surface area contributed by atoms with Crippen LogP contribution in [0.15, 0.2) is 182 Å². The van der Waals surface area contributed by atoms with Crippen LogP contribution in [0.2, 0.25) is 0 Å². The molecule has 0 saturated carbocycles. The lowest BCUT2D eigenvalue weighted by Gasteiger charge is -2.23. The van der Waals surface area contributed by atoms with Gasteiger partial charge >= 0.3 is 35.8 Å². The van der Waals surface area contributed by atoms with Crippen LogP contribution in [0.4, 0.5) is 0 Å². The molecule has 0 bridgehead atoms. The van der Waals surface area contributed by atoms with Crippen LogP contribution in [0.5, 0.6) is 34.5 Å². The molecule has 0 aliphatic rings. The van der Waals surface area contributed by atoms with Crippen molar-refractivity contribution >= 4 is 35.8 Å². The molecule has 0 amide bonds. The number of hydrogen-bond donors (Lipinski definition) is 0. The molecule has 0 fully saturated rings. The number of rotatable bonds is 12. The Morgan fingerprint density at radius 1 is 0.200 bits per heavy atom. The van der Waals surface area contributed by atoms with E-state index in [2.05, 4.69) is 0 Å². The molecule has 0 aliphatic carbocycles. The highest BCUT2D eigenvalue weighted by Gasteiger charge is 2.39. The minimum Gasteiger partial charge on any atom is -0.415 e. The first-order valence-corrected chi connectivity index (χ1v) is 18.1. The van der Waals surface area contributed by atoms with Crippen LogP contribution in [-0.2, 0) is 0 Å². The number of benzene rings is 7. The Hall–Kier alpha value is -8.64. The first-order valence-electron chi connectivity index (χ1n) is 18.1. The summed E-state index contributed by atoms with van der Waals surface area (Å²) in [6.45, 7) is 0. The molecule has 12 heteroatoms. The lowest BCUT2D eigenvalue weighted by Crippen LogP contribution is -2.21. The Morgan fingerprint density at radius 3 is 0.433 bits per heavy atom. The molecule has 7 rings (SSSR count). The van der Waals surface area contributed by atoms with E-state index in [1.165, 1.54) is 72.8 Å². The number of carbonyl (C=O) groups excluding carboxylic acids is 6. The largest absolute Gasteiger partial charge is 0.415 e. The van der Waals surface area contributed by atoms with Crippen LogP contribution in [-0.4, -0.2) is 35.8 Å². The fourth-order valence-corrected chi connectivity index (χ4v) is 5.53. The topological polar surface area (TPSA) is 158 Å². The smallest absolute Gasteiger partial charge is 0.343 e. The summed E-state index contributed by atoms with van der Waals surface area (Å²) in [6.07, 6.45) is 0. The van der Waals surface area contributed by atoms with Crippen molar-refractivity contribution in [2.75, 3.05) is 0 Å². The van der Waals surface area contributed by atoms with E-state index in [-0.39, 0.29) is 33.4 Å². The number of carbonyl (C=O) groups is 6. The van der Waals surface area contributed by atoms with Crippen molar-refractivity contribution in [3.8, 4) is 34.5 Å². The SMILES string of the molecule is O=C(Oc1c(OC(=O)c2ccccc2)c(OC(=O)c2ccccc2)c(OC(=O)c2ccccc2)c(OC(=O)c2ccccc2)c1OC(=O)c1ccccc1)c1ccccc1. The van der Waals surface area contributed by atoms with E-state index in [9.17, 15) is 28.8 Å². The third kappa shape index (κ3) is 9.31. The summed E-state index contributed by atoms with van der Waals surface area (Å²) >= 11 is 0. The lowest BCUT2D eigenvalue weighted by molar-refractivity contribution is 0.0598. The summed E-state index contributed by atoms with van der Waals surface area (Å²) in [4.78, 5) is 83.9. The number of ether oxygens (including phenoxy) is 6. The summed E-state index contributed by atoms with van der Waals surface area (Å²) in [5, 5.41) is 0. The summed E-state index contributed by atoms with van der Waals surface area (Å²) in [6, 6.07) is 45.5. The Morgan fingerprint density at radius 2 is 0.317 bits per heavy atom. The maximum atomic E-state index is 14.0. The standard InChI is InChI=1S/C48H30O12/c49-43(31-19-7-1-8-20-31)55-37-38(56-44(50)32-21-9-2-10-22-32)40(58-46(52)34-25-13-4-14-26-34)42(60-48(54)36-29-17-6-18-30-36)41(59-47(53)35-27-15-5-16-28-35)39(37)57-45(51)33-23-11-3-12-24-33/h1-30H. The van der Waals surface area contributed by atoms with E-state index >= 15 is 0 Å². The lowest BCUT2D eigenvalue weighted by atomic mass is 10.1. The van der Waals surface area contributed by atoms with Gasteiger partial charge in [0.1, 0.15) is 0 Å². The molecule has 0 saturated heterocycles. The van der Waals surface area contributed by atoms with Crippen LogP contribution in [0.25, 0.3) is 0 Å². The zero-order chi connectivity index (χ0) is 41.8. The van der Waals surface area contributed by atoms with Crippen molar-refractivity contribution < 1.29 is 57.2 Å². The average molecular weight is 799 g/mol. The van der Waals surface area contributed by atoms with Crippen molar-refractivity contribution in [3.05, 3.63) is 215 Å². The normalized spacial score (nSPS) is 10.4. The summed E-state index contributed by atoms with van der Waals surface area (Å²) < 4.78 is 35.5. The third-order valence-corrected chi connectivity index (χ3v) is 8.46. The quantitative estimate of drug-likeness (QED) is 0.0855. The molecule has 294 valence electrons. The van der Waals surface area contributed by atoms with Gasteiger partial charge in [0.2, 0.25) is 34.5 Å². The van der Waals surface area contributed by atoms with E-state index in [0.717, 1.165) is 0 Å². The summed E-state index contributed by atoms with van der Waals surface area (Å²) in [7, 11) is 0. The Labute approximate surface area is 342 Å². The molecule has 0 unspecified atom stereocenters. The highest BCUT2D eigenvalue weighted by molar-refractivity contribution is 6.01. The van der Waals surface area contributed by atoms with Crippen molar-refractivity contribution in [1.29, 1.82) is 0 Å². The van der Waals surface area contributed by atoms with Gasteiger partial charge < -0.3 is 28.4 Å². The highest BCUT2D eigenvalue weighted by Crippen LogP contribution is 2.59. The molecule has 7 aromatic rings. The molecule has 0 atom stereocenters. The van der Waals surface area contributed by atoms with Gasteiger partial charge in [0.25, 0.3) is 0 Å². The fourth-order valence-electron chi connectivity index (χ4n) is 5.53. The maximum absolute atomic E-state index is 14.0. The molecule has 0 radical (unpaired) electrons. The van der Waals surface area contributed by atoms with Crippen molar-refractivity contribution in [1.82, 2.24) is 0 Å². The molecule has 0 heterocycles. The molecule has 0 aromatic heterocycles. The monoisotopic (exact) mass is 798 g/mol.